The lowest BCUT2D eigenvalue weighted by atomic mass is 9.94. The first-order valence-corrected chi connectivity index (χ1v) is 12.4. The second-order valence-corrected chi connectivity index (χ2v) is 9.38. The van der Waals surface area contributed by atoms with Crippen molar-refractivity contribution in [1.82, 2.24) is 4.90 Å². The standard InChI is InChI=1S/C31H29NO5/c1-20-18-24-19-26(36-2)12-13-27(24)29(28(20)21-6-4-3-5-7-21)37-25-10-8-22(9-11-25)30(33)32-16-14-23(15-17-32)31(34)35/h3-13,18-19,23H,14-17H2,1-2H3,(H,34,35). The monoisotopic (exact) mass is 495 g/mol. The molecule has 6 heteroatoms. The number of benzene rings is 4. The van der Waals surface area contributed by atoms with Gasteiger partial charge in [0.2, 0.25) is 0 Å². The SMILES string of the molecule is COc1ccc2c(Oc3ccc(C(=O)N4CCC(C(=O)O)CC4)cc3)c(-c3ccccc3)c(C)cc2c1. The van der Waals surface area contributed by atoms with Gasteiger partial charge in [-0.2, -0.15) is 0 Å². The Balaban J connectivity index is 1.45. The van der Waals surface area contributed by atoms with E-state index in [-0.39, 0.29) is 11.8 Å². The number of fused-ring (bicyclic) bond motifs is 1. The zero-order valence-corrected chi connectivity index (χ0v) is 20.9. The summed E-state index contributed by atoms with van der Waals surface area (Å²) in [6.07, 6.45) is 0.964. The summed E-state index contributed by atoms with van der Waals surface area (Å²) in [5.74, 6) is 0.905. The number of carboxylic acids is 1. The van der Waals surface area contributed by atoms with Crippen LogP contribution in [-0.2, 0) is 4.79 Å². The maximum atomic E-state index is 13.0. The Morgan fingerprint density at radius 2 is 1.57 bits per heavy atom. The number of methoxy groups -OCH3 is 1. The van der Waals surface area contributed by atoms with E-state index in [1.165, 1.54) is 0 Å². The number of likely N-dealkylation sites (tertiary alicyclic amines) is 1. The van der Waals surface area contributed by atoms with Crippen LogP contribution < -0.4 is 9.47 Å². The highest BCUT2D eigenvalue weighted by Gasteiger charge is 2.27. The predicted molar refractivity (Wildman–Crippen MR) is 143 cm³/mol. The lowest BCUT2D eigenvalue weighted by Gasteiger charge is -2.30. The van der Waals surface area contributed by atoms with Crippen molar-refractivity contribution in [2.45, 2.75) is 19.8 Å². The summed E-state index contributed by atoms with van der Waals surface area (Å²) in [5, 5.41) is 11.2. The van der Waals surface area contributed by atoms with Crippen LogP contribution in [0.3, 0.4) is 0 Å². The third-order valence-electron chi connectivity index (χ3n) is 7.01. The van der Waals surface area contributed by atoms with Crippen LogP contribution in [0.2, 0.25) is 0 Å². The molecule has 1 N–H and O–H groups in total. The molecule has 1 aliphatic rings. The minimum atomic E-state index is -0.786. The summed E-state index contributed by atoms with van der Waals surface area (Å²) >= 11 is 0. The summed E-state index contributed by atoms with van der Waals surface area (Å²) in [4.78, 5) is 25.9. The number of aryl methyl sites for hydroxylation is 1. The van der Waals surface area contributed by atoms with Gasteiger partial charge < -0.3 is 19.5 Å². The molecule has 6 nitrogen and oxygen atoms in total. The van der Waals surface area contributed by atoms with Gasteiger partial charge in [-0.15, -0.1) is 0 Å². The number of carbonyl (C=O) groups excluding carboxylic acids is 1. The molecule has 0 saturated carbocycles. The normalized spacial score (nSPS) is 13.9. The zero-order chi connectivity index (χ0) is 25.9. The van der Waals surface area contributed by atoms with Gasteiger partial charge in [-0.1, -0.05) is 36.4 Å². The van der Waals surface area contributed by atoms with Crippen molar-refractivity contribution in [2.75, 3.05) is 20.2 Å². The van der Waals surface area contributed by atoms with Crippen molar-refractivity contribution >= 4 is 22.6 Å². The van der Waals surface area contributed by atoms with Crippen LogP contribution in [0.1, 0.15) is 28.8 Å². The Kier molecular flexibility index (Phi) is 6.82. The highest BCUT2D eigenvalue weighted by atomic mass is 16.5. The van der Waals surface area contributed by atoms with E-state index in [0.29, 0.717) is 37.2 Å². The molecule has 1 heterocycles. The van der Waals surface area contributed by atoms with Crippen molar-refractivity contribution in [3.05, 3.63) is 90.0 Å². The average Bonchev–Trinajstić information content (AvgIpc) is 2.93. The van der Waals surface area contributed by atoms with Crippen LogP contribution in [-0.4, -0.2) is 42.1 Å². The molecular formula is C31H29NO5. The molecule has 1 fully saturated rings. The van der Waals surface area contributed by atoms with Gasteiger partial charge in [0.25, 0.3) is 5.91 Å². The third-order valence-corrected chi connectivity index (χ3v) is 7.01. The lowest BCUT2D eigenvalue weighted by molar-refractivity contribution is -0.143. The molecule has 1 saturated heterocycles. The summed E-state index contributed by atoms with van der Waals surface area (Å²) in [6, 6.07) is 25.4. The van der Waals surface area contributed by atoms with E-state index in [4.69, 9.17) is 9.47 Å². The number of amides is 1. The molecule has 0 unspecified atom stereocenters. The first-order valence-electron chi connectivity index (χ1n) is 12.4. The second kappa shape index (κ2) is 10.3. The van der Waals surface area contributed by atoms with E-state index in [0.717, 1.165) is 39.0 Å². The number of rotatable bonds is 6. The van der Waals surface area contributed by atoms with Crippen LogP contribution in [0.25, 0.3) is 21.9 Å². The highest BCUT2D eigenvalue weighted by Crippen LogP contribution is 2.43. The fourth-order valence-electron chi connectivity index (χ4n) is 4.98. The van der Waals surface area contributed by atoms with Crippen LogP contribution in [0, 0.1) is 12.8 Å². The quantitative estimate of drug-likeness (QED) is 0.328. The molecule has 188 valence electrons. The summed E-state index contributed by atoms with van der Waals surface area (Å²) in [6.45, 7) is 2.98. The van der Waals surface area contributed by atoms with Gasteiger partial charge in [0, 0.05) is 29.6 Å². The zero-order valence-electron chi connectivity index (χ0n) is 20.9. The molecule has 37 heavy (non-hydrogen) atoms. The molecule has 0 radical (unpaired) electrons. The molecule has 4 aromatic rings. The van der Waals surface area contributed by atoms with Crippen LogP contribution in [0.4, 0.5) is 0 Å². The number of piperidine rings is 1. The fourth-order valence-corrected chi connectivity index (χ4v) is 4.98. The number of nitrogens with zero attached hydrogens (tertiary/aromatic N) is 1. The number of carboxylic acid groups (broad SMARTS) is 1. The van der Waals surface area contributed by atoms with E-state index in [1.54, 1.807) is 24.1 Å². The Labute approximate surface area is 216 Å². The van der Waals surface area contributed by atoms with E-state index in [9.17, 15) is 14.7 Å². The van der Waals surface area contributed by atoms with Gasteiger partial charge in [0.15, 0.2) is 0 Å². The van der Waals surface area contributed by atoms with E-state index in [1.807, 2.05) is 48.5 Å². The van der Waals surface area contributed by atoms with Gasteiger partial charge in [0.1, 0.15) is 17.2 Å². The highest BCUT2D eigenvalue weighted by molar-refractivity contribution is 5.98. The number of hydrogen-bond acceptors (Lipinski definition) is 4. The number of aliphatic carboxylic acids is 1. The Hall–Kier alpha value is -4.32. The van der Waals surface area contributed by atoms with Gasteiger partial charge in [-0.25, -0.2) is 0 Å². The second-order valence-electron chi connectivity index (χ2n) is 9.38. The van der Waals surface area contributed by atoms with Crippen molar-refractivity contribution in [3.8, 4) is 28.4 Å². The van der Waals surface area contributed by atoms with Gasteiger partial charge in [0.05, 0.1) is 13.0 Å². The first kappa shape index (κ1) is 24.4. The van der Waals surface area contributed by atoms with Crippen LogP contribution >= 0.6 is 0 Å². The Morgan fingerprint density at radius 3 is 2.22 bits per heavy atom. The van der Waals surface area contributed by atoms with Crippen molar-refractivity contribution in [3.63, 3.8) is 0 Å². The smallest absolute Gasteiger partial charge is 0.306 e. The van der Waals surface area contributed by atoms with E-state index < -0.39 is 5.97 Å². The Bertz CT molecular complexity index is 1440. The summed E-state index contributed by atoms with van der Waals surface area (Å²) in [7, 11) is 1.65. The maximum Gasteiger partial charge on any atom is 0.306 e. The average molecular weight is 496 g/mol. The van der Waals surface area contributed by atoms with Crippen molar-refractivity contribution in [1.29, 1.82) is 0 Å². The molecule has 4 aromatic carbocycles. The summed E-state index contributed by atoms with van der Waals surface area (Å²) < 4.78 is 12.0. The predicted octanol–water partition coefficient (Wildman–Crippen LogP) is 6.55. The van der Waals surface area contributed by atoms with Gasteiger partial charge in [-0.3, -0.25) is 9.59 Å². The summed E-state index contributed by atoms with van der Waals surface area (Å²) in [5.41, 5.74) is 3.71. The minimum absolute atomic E-state index is 0.0894. The Morgan fingerprint density at radius 1 is 0.892 bits per heavy atom. The molecule has 0 aliphatic carbocycles. The molecular weight excluding hydrogens is 466 g/mol. The van der Waals surface area contributed by atoms with Gasteiger partial charge >= 0.3 is 5.97 Å². The number of hydrogen-bond donors (Lipinski definition) is 1. The first-order chi connectivity index (χ1) is 17.9. The van der Waals surface area contributed by atoms with Crippen LogP contribution in [0.5, 0.6) is 17.2 Å². The molecule has 0 atom stereocenters. The molecule has 5 rings (SSSR count). The lowest BCUT2D eigenvalue weighted by Crippen LogP contribution is -2.40. The molecule has 1 amide bonds. The number of ether oxygens (including phenoxy) is 2. The largest absolute Gasteiger partial charge is 0.497 e. The molecule has 0 bridgehead atoms. The maximum absolute atomic E-state index is 13.0. The van der Waals surface area contributed by atoms with Crippen molar-refractivity contribution < 1.29 is 24.2 Å². The third kappa shape index (κ3) is 5.00. The number of carbonyl (C=O) groups is 2. The molecule has 1 aliphatic heterocycles. The van der Waals surface area contributed by atoms with Gasteiger partial charge in [-0.05, 0) is 78.7 Å². The molecule has 0 spiro atoms. The van der Waals surface area contributed by atoms with Crippen molar-refractivity contribution in [2.24, 2.45) is 5.92 Å². The van der Waals surface area contributed by atoms with E-state index >= 15 is 0 Å². The van der Waals surface area contributed by atoms with E-state index in [2.05, 4.69) is 25.1 Å². The minimum Gasteiger partial charge on any atom is -0.497 e. The molecule has 0 aromatic heterocycles. The topological polar surface area (TPSA) is 76.1 Å². The fraction of sp³-hybridized carbons (Fsp3) is 0.226. The van der Waals surface area contributed by atoms with Crippen LogP contribution in [0.15, 0.2) is 78.9 Å².